The summed E-state index contributed by atoms with van der Waals surface area (Å²) in [6, 6.07) is 1.75. The molecular formula is C8H8N4O. The SMILES string of the molecule is Cn1cc(-c2ccnnc2)c(=O)[nH]1. The normalized spacial score (nSPS) is 10.2. The minimum absolute atomic E-state index is 0.115. The molecule has 0 saturated heterocycles. The number of nitrogens with zero attached hydrogens (tertiary/aromatic N) is 3. The molecule has 0 bridgehead atoms. The summed E-state index contributed by atoms with van der Waals surface area (Å²) < 4.78 is 1.61. The number of hydrogen-bond donors (Lipinski definition) is 1. The maximum atomic E-state index is 11.3. The molecule has 0 atom stereocenters. The average Bonchev–Trinajstić information content (AvgIpc) is 2.47. The molecule has 13 heavy (non-hydrogen) atoms. The fourth-order valence-corrected chi connectivity index (χ4v) is 1.16. The first-order valence-corrected chi connectivity index (χ1v) is 3.80. The standard InChI is InChI=1S/C8H8N4O/c1-12-5-7(8(13)11-12)6-2-3-9-10-4-6/h2-5H,1H3,(H,11,13). The summed E-state index contributed by atoms with van der Waals surface area (Å²) in [6.45, 7) is 0. The molecule has 0 aliphatic carbocycles. The van der Waals surface area contributed by atoms with Gasteiger partial charge in [-0.2, -0.15) is 10.2 Å². The maximum absolute atomic E-state index is 11.3. The number of nitrogens with one attached hydrogen (secondary N) is 1. The molecule has 0 unspecified atom stereocenters. The zero-order chi connectivity index (χ0) is 9.26. The summed E-state index contributed by atoms with van der Waals surface area (Å²) in [5, 5.41) is 9.96. The number of aromatic amines is 1. The lowest BCUT2D eigenvalue weighted by Crippen LogP contribution is -2.03. The van der Waals surface area contributed by atoms with Crippen LogP contribution in [0.3, 0.4) is 0 Å². The second kappa shape index (κ2) is 2.85. The molecule has 66 valence electrons. The highest BCUT2D eigenvalue weighted by atomic mass is 16.1. The number of H-pyrrole nitrogens is 1. The monoisotopic (exact) mass is 176 g/mol. The van der Waals surface area contributed by atoms with E-state index in [9.17, 15) is 4.79 Å². The molecule has 0 fully saturated rings. The fraction of sp³-hybridized carbons (Fsp3) is 0.125. The molecule has 2 aromatic rings. The minimum Gasteiger partial charge on any atom is -0.295 e. The third-order valence-electron chi connectivity index (χ3n) is 1.74. The molecule has 1 N–H and O–H groups in total. The second-order valence-electron chi connectivity index (χ2n) is 2.73. The molecular weight excluding hydrogens is 168 g/mol. The minimum atomic E-state index is -0.115. The van der Waals surface area contributed by atoms with Gasteiger partial charge in [0.1, 0.15) is 0 Å². The smallest absolute Gasteiger partial charge is 0.271 e. The van der Waals surface area contributed by atoms with E-state index in [0.717, 1.165) is 5.56 Å². The predicted octanol–water partition coefficient (Wildman–Crippen LogP) is 0.170. The van der Waals surface area contributed by atoms with Crippen LogP contribution in [-0.4, -0.2) is 20.0 Å². The van der Waals surface area contributed by atoms with Crippen LogP contribution in [0.15, 0.2) is 29.5 Å². The van der Waals surface area contributed by atoms with Gasteiger partial charge in [-0.3, -0.25) is 14.6 Å². The van der Waals surface area contributed by atoms with Crippen LogP contribution in [-0.2, 0) is 7.05 Å². The molecule has 2 rings (SSSR count). The summed E-state index contributed by atoms with van der Waals surface area (Å²) >= 11 is 0. The lowest BCUT2D eigenvalue weighted by molar-refractivity contribution is 0.756. The van der Waals surface area contributed by atoms with Crippen LogP contribution in [0, 0.1) is 0 Å². The third-order valence-corrected chi connectivity index (χ3v) is 1.74. The number of hydrogen-bond acceptors (Lipinski definition) is 3. The average molecular weight is 176 g/mol. The lowest BCUT2D eigenvalue weighted by Gasteiger charge is -1.91. The fourth-order valence-electron chi connectivity index (χ4n) is 1.16. The van der Waals surface area contributed by atoms with Crippen molar-refractivity contribution in [3.8, 4) is 11.1 Å². The Hall–Kier alpha value is -1.91. The van der Waals surface area contributed by atoms with E-state index in [-0.39, 0.29) is 5.56 Å². The third kappa shape index (κ3) is 1.35. The van der Waals surface area contributed by atoms with Gasteiger partial charge in [0.15, 0.2) is 0 Å². The summed E-state index contributed by atoms with van der Waals surface area (Å²) in [5.41, 5.74) is 1.27. The largest absolute Gasteiger partial charge is 0.295 e. The summed E-state index contributed by atoms with van der Waals surface area (Å²) in [6.07, 6.45) is 4.84. The van der Waals surface area contributed by atoms with Crippen molar-refractivity contribution in [3.05, 3.63) is 35.0 Å². The molecule has 0 aliphatic heterocycles. The van der Waals surface area contributed by atoms with Crippen LogP contribution in [0.1, 0.15) is 0 Å². The van der Waals surface area contributed by atoms with E-state index >= 15 is 0 Å². The quantitative estimate of drug-likeness (QED) is 0.673. The van der Waals surface area contributed by atoms with E-state index in [4.69, 9.17) is 0 Å². The Bertz CT molecular complexity index is 456. The highest BCUT2D eigenvalue weighted by Gasteiger charge is 2.04. The van der Waals surface area contributed by atoms with E-state index in [1.807, 2.05) is 0 Å². The first kappa shape index (κ1) is 7.72. The molecule has 0 radical (unpaired) electrons. The van der Waals surface area contributed by atoms with Crippen molar-refractivity contribution in [1.29, 1.82) is 0 Å². The van der Waals surface area contributed by atoms with E-state index in [1.165, 1.54) is 0 Å². The van der Waals surface area contributed by atoms with Gasteiger partial charge in [-0.05, 0) is 6.07 Å². The summed E-state index contributed by atoms with van der Waals surface area (Å²) in [4.78, 5) is 11.3. The van der Waals surface area contributed by atoms with E-state index in [2.05, 4.69) is 15.3 Å². The molecule has 5 nitrogen and oxygen atoms in total. The molecule has 0 aromatic carbocycles. The van der Waals surface area contributed by atoms with Gasteiger partial charge < -0.3 is 0 Å². The second-order valence-corrected chi connectivity index (χ2v) is 2.73. The molecule has 0 spiro atoms. The molecule has 0 amide bonds. The van der Waals surface area contributed by atoms with Crippen LogP contribution >= 0.6 is 0 Å². The number of aryl methyl sites for hydroxylation is 1. The van der Waals surface area contributed by atoms with E-state index < -0.39 is 0 Å². The lowest BCUT2D eigenvalue weighted by atomic mass is 10.2. The van der Waals surface area contributed by atoms with Gasteiger partial charge in [0, 0.05) is 18.8 Å². The van der Waals surface area contributed by atoms with Gasteiger partial charge in [-0.15, -0.1) is 0 Å². The Balaban J connectivity index is 2.59. The van der Waals surface area contributed by atoms with Crippen LogP contribution in [0.2, 0.25) is 0 Å². The zero-order valence-corrected chi connectivity index (χ0v) is 7.06. The summed E-state index contributed by atoms with van der Waals surface area (Å²) in [7, 11) is 1.76. The highest BCUT2D eigenvalue weighted by molar-refractivity contribution is 5.59. The molecule has 2 aromatic heterocycles. The van der Waals surface area contributed by atoms with Crippen molar-refractivity contribution < 1.29 is 0 Å². The van der Waals surface area contributed by atoms with Crippen LogP contribution < -0.4 is 5.56 Å². The first-order valence-electron chi connectivity index (χ1n) is 3.80. The zero-order valence-electron chi connectivity index (χ0n) is 7.06. The molecule has 2 heterocycles. The van der Waals surface area contributed by atoms with Crippen molar-refractivity contribution >= 4 is 0 Å². The Morgan fingerprint density at radius 3 is 2.85 bits per heavy atom. The number of rotatable bonds is 1. The van der Waals surface area contributed by atoms with E-state index in [1.54, 1.807) is 36.4 Å². The highest BCUT2D eigenvalue weighted by Crippen LogP contribution is 2.10. The van der Waals surface area contributed by atoms with Crippen LogP contribution in [0.25, 0.3) is 11.1 Å². The van der Waals surface area contributed by atoms with Crippen molar-refractivity contribution in [2.75, 3.05) is 0 Å². The van der Waals surface area contributed by atoms with Crippen LogP contribution in [0.4, 0.5) is 0 Å². The van der Waals surface area contributed by atoms with Crippen molar-refractivity contribution in [1.82, 2.24) is 20.0 Å². The van der Waals surface area contributed by atoms with Crippen molar-refractivity contribution in [3.63, 3.8) is 0 Å². The Morgan fingerprint density at radius 1 is 1.46 bits per heavy atom. The van der Waals surface area contributed by atoms with Crippen molar-refractivity contribution in [2.45, 2.75) is 0 Å². The topological polar surface area (TPSA) is 63.6 Å². The van der Waals surface area contributed by atoms with Gasteiger partial charge in [0.05, 0.1) is 18.0 Å². The molecule has 0 aliphatic rings. The van der Waals surface area contributed by atoms with Gasteiger partial charge in [0.25, 0.3) is 5.56 Å². The summed E-state index contributed by atoms with van der Waals surface area (Å²) in [5.74, 6) is 0. The van der Waals surface area contributed by atoms with Gasteiger partial charge in [0.2, 0.25) is 0 Å². The number of aromatic nitrogens is 4. The van der Waals surface area contributed by atoms with Gasteiger partial charge in [-0.1, -0.05) is 0 Å². The maximum Gasteiger partial charge on any atom is 0.271 e. The van der Waals surface area contributed by atoms with Gasteiger partial charge in [-0.25, -0.2) is 0 Å². The van der Waals surface area contributed by atoms with Crippen molar-refractivity contribution in [2.24, 2.45) is 7.05 Å². The van der Waals surface area contributed by atoms with Crippen LogP contribution in [0.5, 0.6) is 0 Å². The Labute approximate surface area is 74.0 Å². The molecule has 0 saturated carbocycles. The van der Waals surface area contributed by atoms with Gasteiger partial charge >= 0.3 is 0 Å². The first-order chi connectivity index (χ1) is 6.27. The Kier molecular flexibility index (Phi) is 1.70. The Morgan fingerprint density at radius 2 is 2.31 bits per heavy atom. The van der Waals surface area contributed by atoms with E-state index in [0.29, 0.717) is 5.56 Å². The predicted molar refractivity (Wildman–Crippen MR) is 47.1 cm³/mol. The molecule has 5 heteroatoms.